The molecule has 1 rings (SSSR count). The standard InChI is InChI=1S/C12H20N2O3S/c1-12(2,15)9-14(3)18(16,17)8-10-6-4-5-7-11(10)13/h4-7,15H,8-9,13H2,1-3H3. The van der Waals surface area contributed by atoms with Crippen LogP contribution in [0.4, 0.5) is 5.69 Å². The molecule has 1 aromatic rings. The van der Waals surface area contributed by atoms with Crippen LogP contribution in [0.5, 0.6) is 0 Å². The van der Waals surface area contributed by atoms with Gasteiger partial charge >= 0.3 is 0 Å². The average molecular weight is 272 g/mol. The highest BCUT2D eigenvalue weighted by atomic mass is 32.2. The minimum atomic E-state index is -3.48. The van der Waals surface area contributed by atoms with Gasteiger partial charge in [-0.15, -0.1) is 0 Å². The molecule has 0 saturated heterocycles. The second-order valence-corrected chi connectivity index (χ2v) is 7.10. The van der Waals surface area contributed by atoms with Gasteiger partial charge in [0.25, 0.3) is 0 Å². The first-order chi connectivity index (χ1) is 8.12. The number of nitrogens with zero attached hydrogens (tertiary/aromatic N) is 1. The van der Waals surface area contributed by atoms with Crippen LogP contribution >= 0.6 is 0 Å². The van der Waals surface area contributed by atoms with Gasteiger partial charge < -0.3 is 10.8 Å². The topological polar surface area (TPSA) is 83.6 Å². The first-order valence-electron chi connectivity index (χ1n) is 5.61. The highest BCUT2D eigenvalue weighted by Gasteiger charge is 2.25. The summed E-state index contributed by atoms with van der Waals surface area (Å²) in [5.74, 6) is -0.160. The number of hydrogen-bond acceptors (Lipinski definition) is 4. The van der Waals surface area contributed by atoms with Gasteiger partial charge in [-0.1, -0.05) is 18.2 Å². The van der Waals surface area contributed by atoms with Crippen molar-refractivity contribution < 1.29 is 13.5 Å². The highest BCUT2D eigenvalue weighted by molar-refractivity contribution is 7.88. The van der Waals surface area contributed by atoms with E-state index in [0.29, 0.717) is 11.3 Å². The summed E-state index contributed by atoms with van der Waals surface area (Å²) in [7, 11) is -2.02. The largest absolute Gasteiger partial charge is 0.398 e. The third-order valence-electron chi connectivity index (χ3n) is 2.48. The number of anilines is 1. The number of nitrogens with two attached hydrogens (primary N) is 1. The molecular formula is C12H20N2O3S. The molecule has 0 aliphatic rings. The Labute approximate surface area is 108 Å². The van der Waals surface area contributed by atoms with Crippen molar-refractivity contribution in [2.75, 3.05) is 19.3 Å². The summed E-state index contributed by atoms with van der Waals surface area (Å²) in [4.78, 5) is 0. The lowest BCUT2D eigenvalue weighted by atomic mass is 10.1. The van der Waals surface area contributed by atoms with Crippen LogP contribution < -0.4 is 5.73 Å². The zero-order chi connectivity index (χ0) is 14.0. The van der Waals surface area contributed by atoms with Crippen molar-refractivity contribution in [1.29, 1.82) is 0 Å². The Kier molecular flexibility index (Phi) is 4.37. The molecule has 0 heterocycles. The van der Waals surface area contributed by atoms with Gasteiger partial charge in [-0.2, -0.15) is 0 Å². The molecule has 0 amide bonds. The van der Waals surface area contributed by atoms with Gasteiger partial charge in [0.1, 0.15) is 0 Å². The molecule has 0 unspecified atom stereocenters. The van der Waals surface area contributed by atoms with Crippen molar-refractivity contribution in [2.24, 2.45) is 0 Å². The summed E-state index contributed by atoms with van der Waals surface area (Å²) in [5.41, 5.74) is 5.68. The molecule has 0 spiro atoms. The maximum absolute atomic E-state index is 12.1. The zero-order valence-corrected chi connectivity index (χ0v) is 11.7. The summed E-state index contributed by atoms with van der Waals surface area (Å²) >= 11 is 0. The van der Waals surface area contributed by atoms with E-state index >= 15 is 0 Å². The summed E-state index contributed by atoms with van der Waals surface area (Å²) in [5, 5.41) is 9.64. The summed E-state index contributed by atoms with van der Waals surface area (Å²) in [6.45, 7) is 3.17. The Morgan fingerprint density at radius 1 is 1.33 bits per heavy atom. The lowest BCUT2D eigenvalue weighted by molar-refractivity contribution is 0.0639. The first-order valence-corrected chi connectivity index (χ1v) is 7.22. The molecule has 0 radical (unpaired) electrons. The van der Waals surface area contributed by atoms with Crippen LogP contribution in [0.25, 0.3) is 0 Å². The van der Waals surface area contributed by atoms with E-state index in [9.17, 15) is 13.5 Å². The molecule has 3 N–H and O–H groups in total. The fraction of sp³-hybridized carbons (Fsp3) is 0.500. The van der Waals surface area contributed by atoms with Crippen molar-refractivity contribution in [3.63, 3.8) is 0 Å². The lowest BCUT2D eigenvalue weighted by Gasteiger charge is -2.25. The van der Waals surface area contributed by atoms with Crippen LogP contribution in [-0.4, -0.2) is 37.0 Å². The Morgan fingerprint density at radius 2 is 1.89 bits per heavy atom. The van der Waals surface area contributed by atoms with Gasteiger partial charge in [0.05, 0.1) is 11.4 Å². The van der Waals surface area contributed by atoms with Crippen LogP contribution in [0.2, 0.25) is 0 Å². The number of likely N-dealkylation sites (N-methyl/N-ethyl adjacent to an activating group) is 1. The third kappa shape index (κ3) is 4.29. The molecular weight excluding hydrogens is 252 g/mol. The number of nitrogen functional groups attached to an aromatic ring is 1. The van der Waals surface area contributed by atoms with Gasteiger partial charge in [-0.3, -0.25) is 0 Å². The van der Waals surface area contributed by atoms with E-state index in [0.717, 1.165) is 4.31 Å². The van der Waals surface area contributed by atoms with Crippen molar-refractivity contribution in [3.05, 3.63) is 29.8 Å². The van der Waals surface area contributed by atoms with Crippen LogP contribution in [0, 0.1) is 0 Å². The normalized spacial score (nSPS) is 12.9. The number of rotatable bonds is 5. The van der Waals surface area contributed by atoms with E-state index in [2.05, 4.69) is 0 Å². The Balaban J connectivity index is 2.86. The smallest absolute Gasteiger partial charge is 0.218 e. The molecule has 102 valence electrons. The molecule has 1 aromatic carbocycles. The molecule has 5 nitrogen and oxygen atoms in total. The molecule has 0 atom stereocenters. The number of sulfonamides is 1. The Morgan fingerprint density at radius 3 is 2.39 bits per heavy atom. The monoisotopic (exact) mass is 272 g/mol. The predicted molar refractivity (Wildman–Crippen MR) is 72.4 cm³/mol. The van der Waals surface area contributed by atoms with Crippen LogP contribution in [-0.2, 0) is 15.8 Å². The molecule has 0 saturated carbocycles. The van der Waals surface area contributed by atoms with E-state index in [1.807, 2.05) is 0 Å². The van der Waals surface area contributed by atoms with Gasteiger partial charge in [-0.05, 0) is 25.5 Å². The maximum atomic E-state index is 12.1. The molecule has 0 aliphatic heterocycles. The SMILES string of the molecule is CN(CC(C)(C)O)S(=O)(=O)Cc1ccccc1N. The molecule has 0 bridgehead atoms. The summed E-state index contributed by atoms with van der Waals surface area (Å²) in [6, 6.07) is 6.86. The highest BCUT2D eigenvalue weighted by Crippen LogP contribution is 2.17. The number of hydrogen-bond donors (Lipinski definition) is 2. The van der Waals surface area contributed by atoms with E-state index in [1.165, 1.54) is 7.05 Å². The van der Waals surface area contributed by atoms with Gasteiger partial charge in [0.2, 0.25) is 10.0 Å². The molecule has 6 heteroatoms. The number of aliphatic hydroxyl groups is 1. The van der Waals surface area contributed by atoms with Crippen molar-refractivity contribution in [3.8, 4) is 0 Å². The average Bonchev–Trinajstić information content (AvgIpc) is 2.18. The molecule has 0 aromatic heterocycles. The van der Waals surface area contributed by atoms with Crippen molar-refractivity contribution >= 4 is 15.7 Å². The van der Waals surface area contributed by atoms with Gasteiger partial charge in [-0.25, -0.2) is 12.7 Å². The van der Waals surface area contributed by atoms with E-state index in [1.54, 1.807) is 38.1 Å². The number of para-hydroxylation sites is 1. The minimum Gasteiger partial charge on any atom is -0.398 e. The van der Waals surface area contributed by atoms with Crippen LogP contribution in [0.1, 0.15) is 19.4 Å². The van der Waals surface area contributed by atoms with E-state index < -0.39 is 15.6 Å². The third-order valence-corrected chi connectivity index (χ3v) is 4.23. The number of benzene rings is 1. The van der Waals surface area contributed by atoms with Crippen LogP contribution in [0.3, 0.4) is 0 Å². The zero-order valence-electron chi connectivity index (χ0n) is 10.9. The van der Waals surface area contributed by atoms with E-state index in [-0.39, 0.29) is 12.3 Å². The Bertz CT molecular complexity index is 506. The maximum Gasteiger partial charge on any atom is 0.218 e. The molecule has 0 aliphatic carbocycles. The van der Waals surface area contributed by atoms with E-state index in [4.69, 9.17) is 5.73 Å². The quantitative estimate of drug-likeness (QED) is 0.777. The molecule has 18 heavy (non-hydrogen) atoms. The fourth-order valence-electron chi connectivity index (χ4n) is 1.62. The van der Waals surface area contributed by atoms with Crippen molar-refractivity contribution in [1.82, 2.24) is 4.31 Å². The summed E-state index contributed by atoms with van der Waals surface area (Å²) < 4.78 is 25.3. The van der Waals surface area contributed by atoms with Gasteiger partial charge in [0, 0.05) is 19.3 Å². The molecule has 0 fully saturated rings. The summed E-state index contributed by atoms with van der Waals surface area (Å²) in [6.07, 6.45) is 0. The first kappa shape index (κ1) is 14.9. The van der Waals surface area contributed by atoms with Crippen LogP contribution in [0.15, 0.2) is 24.3 Å². The Hall–Kier alpha value is -1.11. The predicted octanol–water partition coefficient (Wildman–Crippen LogP) is 0.801. The van der Waals surface area contributed by atoms with Gasteiger partial charge in [0.15, 0.2) is 0 Å². The second-order valence-electron chi connectivity index (χ2n) is 5.02. The lowest BCUT2D eigenvalue weighted by Crippen LogP contribution is -2.40. The fourth-order valence-corrected chi connectivity index (χ4v) is 3.00. The second kappa shape index (κ2) is 5.26. The van der Waals surface area contributed by atoms with Crippen molar-refractivity contribution in [2.45, 2.75) is 25.2 Å². The minimum absolute atomic E-state index is 0.0437.